The van der Waals surface area contributed by atoms with E-state index in [2.05, 4.69) is 4.98 Å². The van der Waals surface area contributed by atoms with Crippen molar-refractivity contribution in [1.82, 2.24) is 9.38 Å². The first-order chi connectivity index (χ1) is 9.04. The number of alkyl halides is 3. The number of hydrogen-bond acceptors (Lipinski definition) is 1. The Morgan fingerprint density at radius 2 is 1.58 bits per heavy atom. The minimum atomic E-state index is -4.30. The van der Waals surface area contributed by atoms with E-state index in [1.165, 1.54) is 12.1 Å². The van der Waals surface area contributed by atoms with Gasteiger partial charge in [0.15, 0.2) is 0 Å². The number of fused-ring (bicyclic) bond motifs is 1. The molecule has 0 aliphatic carbocycles. The normalized spacial score (nSPS) is 11.9. The van der Waals surface area contributed by atoms with Crippen LogP contribution in [0.15, 0.2) is 55.0 Å². The Kier molecular flexibility index (Phi) is 2.55. The van der Waals surface area contributed by atoms with Crippen molar-refractivity contribution in [2.45, 2.75) is 6.18 Å². The lowest BCUT2D eigenvalue weighted by molar-refractivity contribution is -0.137. The van der Waals surface area contributed by atoms with Crippen LogP contribution in [0, 0.1) is 0 Å². The van der Waals surface area contributed by atoms with Crippen LogP contribution in [-0.4, -0.2) is 9.38 Å². The van der Waals surface area contributed by atoms with E-state index < -0.39 is 11.7 Å². The zero-order chi connectivity index (χ0) is 13.5. The molecule has 0 amide bonds. The number of halogens is 3. The number of hydrogen-bond donors (Lipinski definition) is 0. The molecule has 3 rings (SSSR count). The monoisotopic (exact) mass is 262 g/mol. The molecule has 0 saturated carbocycles. The van der Waals surface area contributed by atoms with Crippen molar-refractivity contribution in [2.24, 2.45) is 0 Å². The van der Waals surface area contributed by atoms with Gasteiger partial charge in [-0.2, -0.15) is 13.2 Å². The van der Waals surface area contributed by atoms with Crippen molar-refractivity contribution >= 4 is 5.65 Å². The summed E-state index contributed by atoms with van der Waals surface area (Å²) in [6.45, 7) is 0. The Bertz CT molecular complexity index is 711. The summed E-state index contributed by atoms with van der Waals surface area (Å²) in [5, 5.41) is 0. The highest BCUT2D eigenvalue weighted by Crippen LogP contribution is 2.30. The Morgan fingerprint density at radius 3 is 2.26 bits per heavy atom. The van der Waals surface area contributed by atoms with Crippen molar-refractivity contribution in [3.63, 3.8) is 0 Å². The lowest BCUT2D eigenvalue weighted by Crippen LogP contribution is -2.04. The van der Waals surface area contributed by atoms with Crippen LogP contribution in [0.25, 0.3) is 16.8 Å². The van der Waals surface area contributed by atoms with Gasteiger partial charge in [0.25, 0.3) is 0 Å². The molecule has 19 heavy (non-hydrogen) atoms. The highest BCUT2D eigenvalue weighted by molar-refractivity contribution is 5.64. The van der Waals surface area contributed by atoms with Gasteiger partial charge in [0.1, 0.15) is 5.65 Å². The third kappa shape index (κ3) is 2.19. The Morgan fingerprint density at radius 1 is 0.895 bits per heavy atom. The number of aromatic nitrogens is 2. The van der Waals surface area contributed by atoms with E-state index in [0.717, 1.165) is 28.9 Å². The standard InChI is InChI=1S/C14H9F3N2/c15-14(16,17)12-4-1-10(2-5-12)11-3-6-13-18-7-8-19(13)9-11/h1-9H. The lowest BCUT2D eigenvalue weighted by Gasteiger charge is -2.08. The van der Waals surface area contributed by atoms with E-state index >= 15 is 0 Å². The largest absolute Gasteiger partial charge is 0.416 e. The smallest absolute Gasteiger partial charge is 0.306 e. The zero-order valence-electron chi connectivity index (χ0n) is 9.72. The lowest BCUT2D eigenvalue weighted by atomic mass is 10.1. The molecule has 96 valence electrons. The highest BCUT2D eigenvalue weighted by atomic mass is 19.4. The molecule has 0 radical (unpaired) electrons. The maximum absolute atomic E-state index is 12.5. The van der Waals surface area contributed by atoms with Crippen molar-refractivity contribution in [1.29, 1.82) is 0 Å². The summed E-state index contributed by atoms with van der Waals surface area (Å²) in [6.07, 6.45) is 1.01. The molecule has 1 aromatic carbocycles. The summed E-state index contributed by atoms with van der Waals surface area (Å²) in [6, 6.07) is 8.79. The Balaban J connectivity index is 2.01. The van der Waals surface area contributed by atoms with Crippen LogP contribution >= 0.6 is 0 Å². The van der Waals surface area contributed by atoms with E-state index in [1.807, 2.05) is 22.7 Å². The van der Waals surface area contributed by atoms with Gasteiger partial charge in [-0.3, -0.25) is 0 Å². The molecule has 3 aromatic rings. The van der Waals surface area contributed by atoms with Gasteiger partial charge in [0.05, 0.1) is 5.56 Å². The Hall–Kier alpha value is -2.30. The summed E-state index contributed by atoms with van der Waals surface area (Å²) in [5.74, 6) is 0. The third-order valence-corrected chi connectivity index (χ3v) is 2.93. The first-order valence-electron chi connectivity index (χ1n) is 5.64. The topological polar surface area (TPSA) is 17.3 Å². The molecule has 0 N–H and O–H groups in total. The van der Waals surface area contributed by atoms with Crippen molar-refractivity contribution in [2.75, 3.05) is 0 Å². The fourth-order valence-corrected chi connectivity index (χ4v) is 1.94. The van der Waals surface area contributed by atoms with Gasteiger partial charge < -0.3 is 4.40 Å². The number of benzene rings is 1. The molecule has 0 spiro atoms. The van der Waals surface area contributed by atoms with E-state index in [1.54, 1.807) is 12.4 Å². The molecular formula is C14H9F3N2. The van der Waals surface area contributed by atoms with Gasteiger partial charge in [-0.1, -0.05) is 12.1 Å². The summed E-state index contributed by atoms with van der Waals surface area (Å²) in [7, 11) is 0. The molecule has 0 aliphatic heterocycles. The number of rotatable bonds is 1. The quantitative estimate of drug-likeness (QED) is 0.647. The summed E-state index contributed by atoms with van der Waals surface area (Å²) >= 11 is 0. The highest BCUT2D eigenvalue weighted by Gasteiger charge is 2.29. The van der Waals surface area contributed by atoms with Gasteiger partial charge in [-0.05, 0) is 35.4 Å². The number of pyridine rings is 1. The maximum atomic E-state index is 12.5. The van der Waals surface area contributed by atoms with Crippen LogP contribution in [0.1, 0.15) is 5.56 Å². The molecule has 5 heteroatoms. The molecule has 0 bridgehead atoms. The van der Waals surface area contributed by atoms with Crippen LogP contribution in [0.2, 0.25) is 0 Å². The molecular weight excluding hydrogens is 253 g/mol. The predicted octanol–water partition coefficient (Wildman–Crippen LogP) is 4.02. The molecule has 2 aromatic heterocycles. The molecule has 0 atom stereocenters. The molecule has 0 fully saturated rings. The van der Waals surface area contributed by atoms with Gasteiger partial charge in [0.2, 0.25) is 0 Å². The second-order valence-electron chi connectivity index (χ2n) is 4.19. The van der Waals surface area contributed by atoms with Crippen molar-refractivity contribution in [3.05, 3.63) is 60.6 Å². The maximum Gasteiger partial charge on any atom is 0.416 e. The van der Waals surface area contributed by atoms with Crippen LogP contribution in [-0.2, 0) is 6.18 Å². The van der Waals surface area contributed by atoms with Gasteiger partial charge >= 0.3 is 6.18 Å². The molecule has 2 heterocycles. The third-order valence-electron chi connectivity index (χ3n) is 2.93. The van der Waals surface area contributed by atoms with E-state index in [9.17, 15) is 13.2 Å². The second kappa shape index (κ2) is 4.12. The predicted molar refractivity (Wildman–Crippen MR) is 65.6 cm³/mol. The van der Waals surface area contributed by atoms with Gasteiger partial charge in [-0.15, -0.1) is 0 Å². The van der Waals surface area contributed by atoms with Crippen LogP contribution in [0.3, 0.4) is 0 Å². The molecule has 2 nitrogen and oxygen atoms in total. The summed E-state index contributed by atoms with van der Waals surface area (Å²) in [5.41, 5.74) is 1.75. The average Bonchev–Trinajstić information content (AvgIpc) is 2.85. The van der Waals surface area contributed by atoms with Crippen molar-refractivity contribution < 1.29 is 13.2 Å². The minimum Gasteiger partial charge on any atom is -0.306 e. The van der Waals surface area contributed by atoms with Crippen LogP contribution < -0.4 is 0 Å². The summed E-state index contributed by atoms with van der Waals surface area (Å²) < 4.78 is 39.3. The number of imidazole rings is 1. The van der Waals surface area contributed by atoms with Crippen molar-refractivity contribution in [3.8, 4) is 11.1 Å². The van der Waals surface area contributed by atoms with Gasteiger partial charge in [-0.25, -0.2) is 4.98 Å². The van der Waals surface area contributed by atoms with Gasteiger partial charge in [0, 0.05) is 18.6 Å². The first kappa shape index (κ1) is 11.8. The first-order valence-corrected chi connectivity index (χ1v) is 5.64. The fraction of sp³-hybridized carbons (Fsp3) is 0.0714. The molecule has 0 unspecified atom stereocenters. The number of nitrogens with zero attached hydrogens (tertiary/aromatic N) is 2. The second-order valence-corrected chi connectivity index (χ2v) is 4.19. The SMILES string of the molecule is FC(F)(F)c1ccc(-c2ccc3nccn3c2)cc1. The van der Waals surface area contributed by atoms with E-state index in [4.69, 9.17) is 0 Å². The Labute approximate surface area is 107 Å². The molecule has 0 saturated heterocycles. The average molecular weight is 262 g/mol. The fourth-order valence-electron chi connectivity index (χ4n) is 1.94. The zero-order valence-corrected chi connectivity index (χ0v) is 9.72. The minimum absolute atomic E-state index is 0.639. The van der Waals surface area contributed by atoms with E-state index in [-0.39, 0.29) is 0 Å². The summed E-state index contributed by atoms with van der Waals surface area (Å²) in [4.78, 5) is 4.11. The van der Waals surface area contributed by atoms with Crippen LogP contribution in [0.5, 0.6) is 0 Å². The molecule has 0 aliphatic rings. The van der Waals surface area contributed by atoms with Crippen LogP contribution in [0.4, 0.5) is 13.2 Å². The van der Waals surface area contributed by atoms with E-state index in [0.29, 0.717) is 0 Å².